The molecule has 0 unspecified atom stereocenters. The number of nitrogens with zero attached hydrogens (tertiary/aromatic N) is 1. The molecule has 1 aromatic rings. The van der Waals surface area contributed by atoms with Gasteiger partial charge in [-0.25, -0.2) is 4.98 Å². The summed E-state index contributed by atoms with van der Waals surface area (Å²) in [4.78, 5) is 17.6. The van der Waals surface area contributed by atoms with Gasteiger partial charge in [0.05, 0.1) is 6.33 Å². The quantitative estimate of drug-likeness (QED) is 0.609. The lowest BCUT2D eigenvalue weighted by atomic mass is 10.4. The number of amides is 1. The summed E-state index contributed by atoms with van der Waals surface area (Å²) in [6.07, 6.45) is 1.36. The maximum atomic E-state index is 11.2. The van der Waals surface area contributed by atoms with Gasteiger partial charge in [0.25, 0.3) is 5.91 Å². The third kappa shape index (κ3) is 1.77. The second kappa shape index (κ2) is 4.13. The number of imidazole rings is 1. The normalized spacial score (nSPS) is 9.83. The highest BCUT2D eigenvalue weighted by Crippen LogP contribution is 2.14. The predicted octanol–water partition coefficient (Wildman–Crippen LogP) is 0.725. The Morgan fingerprint density at radius 2 is 2.67 bits per heavy atom. The highest BCUT2D eigenvalue weighted by atomic mass is 32.2. The zero-order chi connectivity index (χ0) is 8.97. The first-order chi connectivity index (χ1) is 5.79. The molecule has 0 aliphatic carbocycles. The molecule has 1 amide bonds. The van der Waals surface area contributed by atoms with E-state index in [1.54, 1.807) is 0 Å². The number of rotatable bonds is 3. The van der Waals surface area contributed by atoms with Gasteiger partial charge < -0.3 is 14.9 Å². The fourth-order valence-electron chi connectivity index (χ4n) is 0.763. The first kappa shape index (κ1) is 9.08. The third-order valence-corrected chi connectivity index (χ3v) is 1.74. The number of aromatic nitrogens is 2. The van der Waals surface area contributed by atoms with E-state index >= 15 is 0 Å². The van der Waals surface area contributed by atoms with E-state index in [-0.39, 0.29) is 5.91 Å². The number of carbonyl (C=O) groups is 1. The predicted molar refractivity (Wildman–Crippen MR) is 45.1 cm³/mol. The molecule has 0 saturated carbocycles. The van der Waals surface area contributed by atoms with Crippen molar-refractivity contribution in [1.82, 2.24) is 15.3 Å². The molecule has 1 heterocycles. The Labute approximate surface area is 73.8 Å². The minimum atomic E-state index is -0.258. The van der Waals surface area contributed by atoms with Crippen molar-refractivity contribution < 1.29 is 9.35 Å². The summed E-state index contributed by atoms with van der Waals surface area (Å²) < 4.78 is 8.68. The lowest BCUT2D eigenvalue weighted by Crippen LogP contribution is -2.23. The average Bonchev–Trinajstić information content (AvgIpc) is 2.51. The fourth-order valence-corrected chi connectivity index (χ4v) is 1.11. The topological polar surface area (TPSA) is 78.0 Å². The Balaban J connectivity index is 2.79. The van der Waals surface area contributed by atoms with Crippen LogP contribution in [0.25, 0.3) is 0 Å². The van der Waals surface area contributed by atoms with Crippen LogP contribution in [0, 0.1) is 0 Å². The standard InChI is InChI=1S/C6H9N3O2S/c1-2-7-5(10)4-6(12-11)9-3-8-4/h3,11H,2H2,1H3,(H,7,10)(H,8,9). The lowest BCUT2D eigenvalue weighted by molar-refractivity contribution is 0.0948. The highest BCUT2D eigenvalue weighted by Gasteiger charge is 2.12. The van der Waals surface area contributed by atoms with Gasteiger partial charge in [-0.3, -0.25) is 4.79 Å². The first-order valence-corrected chi connectivity index (χ1v) is 4.20. The van der Waals surface area contributed by atoms with Gasteiger partial charge in [-0.05, 0) is 6.92 Å². The second-order valence-corrected chi connectivity index (χ2v) is 2.60. The summed E-state index contributed by atoms with van der Waals surface area (Å²) in [5, 5.41) is 2.88. The molecule has 0 fully saturated rings. The van der Waals surface area contributed by atoms with Crippen LogP contribution in [0.5, 0.6) is 0 Å². The zero-order valence-electron chi connectivity index (χ0n) is 6.50. The Kier molecular flexibility index (Phi) is 3.12. The summed E-state index contributed by atoms with van der Waals surface area (Å²) in [6.45, 7) is 2.37. The molecule has 0 radical (unpaired) electrons. The Hall–Kier alpha value is -1.01. The minimum Gasteiger partial charge on any atom is -0.351 e. The van der Waals surface area contributed by atoms with E-state index in [1.165, 1.54) is 6.33 Å². The second-order valence-electron chi connectivity index (χ2n) is 2.03. The zero-order valence-corrected chi connectivity index (χ0v) is 7.31. The van der Waals surface area contributed by atoms with Gasteiger partial charge >= 0.3 is 0 Å². The van der Waals surface area contributed by atoms with Crippen LogP contribution < -0.4 is 5.32 Å². The summed E-state index contributed by atoms with van der Waals surface area (Å²) in [6, 6.07) is 0. The van der Waals surface area contributed by atoms with Crippen molar-refractivity contribution >= 4 is 17.9 Å². The summed E-state index contributed by atoms with van der Waals surface area (Å²) in [5.41, 5.74) is 0.296. The molecule has 3 N–H and O–H groups in total. The number of H-pyrrole nitrogens is 1. The van der Waals surface area contributed by atoms with Crippen LogP contribution >= 0.6 is 12.0 Å². The smallest absolute Gasteiger partial charge is 0.270 e. The van der Waals surface area contributed by atoms with Crippen molar-refractivity contribution in [1.29, 1.82) is 0 Å². The van der Waals surface area contributed by atoms with Crippen molar-refractivity contribution in [3.05, 3.63) is 12.0 Å². The number of carbonyl (C=O) groups excluding carboxylic acids is 1. The van der Waals surface area contributed by atoms with E-state index in [9.17, 15) is 4.79 Å². The SMILES string of the molecule is CCNC(=O)c1[nH]cnc1SO. The van der Waals surface area contributed by atoms with E-state index in [0.717, 1.165) is 0 Å². The highest BCUT2D eigenvalue weighted by molar-refractivity contribution is 7.93. The summed E-state index contributed by atoms with van der Waals surface area (Å²) in [5.74, 6) is -0.258. The number of hydrogen-bond acceptors (Lipinski definition) is 4. The van der Waals surface area contributed by atoms with Crippen molar-refractivity contribution in [3.63, 3.8) is 0 Å². The van der Waals surface area contributed by atoms with Crippen LogP contribution in [0.3, 0.4) is 0 Å². The van der Waals surface area contributed by atoms with Crippen LogP contribution in [0.1, 0.15) is 17.4 Å². The van der Waals surface area contributed by atoms with Gasteiger partial charge in [-0.1, -0.05) is 0 Å². The molecule has 5 nitrogen and oxygen atoms in total. The van der Waals surface area contributed by atoms with Gasteiger partial charge in [-0.15, -0.1) is 0 Å². The van der Waals surface area contributed by atoms with Crippen molar-refractivity contribution in [2.45, 2.75) is 11.9 Å². The number of nitrogens with one attached hydrogen (secondary N) is 2. The van der Waals surface area contributed by atoms with E-state index < -0.39 is 0 Å². The molecule has 0 saturated heterocycles. The molecule has 0 bridgehead atoms. The van der Waals surface area contributed by atoms with Crippen molar-refractivity contribution in [2.75, 3.05) is 6.54 Å². The Morgan fingerprint density at radius 3 is 3.25 bits per heavy atom. The van der Waals surface area contributed by atoms with Gasteiger partial charge in [0.15, 0.2) is 5.03 Å². The Morgan fingerprint density at radius 1 is 1.92 bits per heavy atom. The van der Waals surface area contributed by atoms with Gasteiger partial charge in [0.2, 0.25) is 0 Å². The van der Waals surface area contributed by atoms with Crippen molar-refractivity contribution in [2.24, 2.45) is 0 Å². The molecule has 66 valence electrons. The largest absolute Gasteiger partial charge is 0.351 e. The van der Waals surface area contributed by atoms with Crippen molar-refractivity contribution in [3.8, 4) is 0 Å². The maximum absolute atomic E-state index is 11.2. The van der Waals surface area contributed by atoms with Crippen LogP contribution in [-0.4, -0.2) is 27.0 Å². The first-order valence-electron chi connectivity index (χ1n) is 3.42. The molecule has 0 atom stereocenters. The minimum absolute atomic E-state index is 0.258. The summed E-state index contributed by atoms with van der Waals surface area (Å²) >= 11 is 0.453. The average molecular weight is 187 g/mol. The molecule has 0 aliphatic rings. The van der Waals surface area contributed by atoms with E-state index in [2.05, 4.69) is 15.3 Å². The molecule has 0 aliphatic heterocycles. The summed E-state index contributed by atoms with van der Waals surface area (Å²) in [7, 11) is 0. The van der Waals surface area contributed by atoms with E-state index in [1.807, 2.05) is 6.92 Å². The van der Waals surface area contributed by atoms with Gasteiger partial charge in [0.1, 0.15) is 5.69 Å². The van der Waals surface area contributed by atoms with Crippen LogP contribution in [0.4, 0.5) is 0 Å². The molecule has 12 heavy (non-hydrogen) atoms. The van der Waals surface area contributed by atoms with Crippen LogP contribution in [0.15, 0.2) is 11.4 Å². The fraction of sp³-hybridized carbons (Fsp3) is 0.333. The van der Waals surface area contributed by atoms with Gasteiger partial charge in [0, 0.05) is 18.6 Å². The molecular weight excluding hydrogens is 178 g/mol. The third-order valence-electron chi connectivity index (χ3n) is 1.26. The lowest BCUT2D eigenvalue weighted by Gasteiger charge is -1.98. The molecule has 1 rings (SSSR count). The Bertz CT molecular complexity index is 274. The van der Waals surface area contributed by atoms with Crippen LogP contribution in [-0.2, 0) is 0 Å². The monoisotopic (exact) mass is 187 g/mol. The maximum Gasteiger partial charge on any atom is 0.270 e. The van der Waals surface area contributed by atoms with E-state index in [4.69, 9.17) is 4.55 Å². The number of aromatic amines is 1. The molecular formula is C6H9N3O2S. The molecule has 1 aromatic heterocycles. The van der Waals surface area contributed by atoms with Gasteiger partial charge in [-0.2, -0.15) is 0 Å². The number of hydrogen-bond donors (Lipinski definition) is 3. The molecule has 0 aromatic carbocycles. The molecule has 0 spiro atoms. The molecule has 6 heteroatoms. The van der Waals surface area contributed by atoms with E-state index in [0.29, 0.717) is 29.3 Å². The van der Waals surface area contributed by atoms with Crippen LogP contribution in [0.2, 0.25) is 0 Å².